The van der Waals surface area contributed by atoms with Gasteiger partial charge in [0, 0.05) is 27.3 Å². The molecule has 1 saturated heterocycles. The van der Waals surface area contributed by atoms with Crippen LogP contribution in [-0.2, 0) is 0 Å². The van der Waals surface area contributed by atoms with Crippen molar-refractivity contribution in [1.29, 1.82) is 0 Å². The van der Waals surface area contributed by atoms with Crippen LogP contribution in [0.4, 0.5) is 0 Å². The molecule has 0 aliphatic carbocycles. The Hall–Kier alpha value is -3.32. The average molecular weight is 418 g/mol. The monoisotopic (exact) mass is 418 g/mol. The zero-order valence-corrected chi connectivity index (χ0v) is 17.7. The first-order chi connectivity index (χ1) is 15.2. The summed E-state index contributed by atoms with van der Waals surface area (Å²) in [6, 6.07) is 9.11. The van der Waals surface area contributed by atoms with Gasteiger partial charge in [0.2, 0.25) is 0 Å². The van der Waals surface area contributed by atoms with Crippen LogP contribution in [-0.4, -0.2) is 47.1 Å². The van der Waals surface area contributed by atoms with Gasteiger partial charge in [0.05, 0.1) is 25.6 Å². The topological polar surface area (TPSA) is 92.3 Å². The minimum atomic E-state index is 0.222. The molecule has 0 radical (unpaired) electrons. The van der Waals surface area contributed by atoms with Crippen LogP contribution in [0.1, 0.15) is 18.4 Å². The lowest BCUT2D eigenvalue weighted by molar-refractivity contribution is 0.208. The highest BCUT2D eigenvalue weighted by molar-refractivity contribution is 6.12. The number of methoxy groups -OCH3 is 1. The van der Waals surface area contributed by atoms with E-state index in [1.54, 1.807) is 25.4 Å². The molecule has 0 bridgehead atoms. The highest BCUT2D eigenvalue weighted by atomic mass is 16.5. The van der Waals surface area contributed by atoms with E-state index in [1.165, 1.54) is 0 Å². The van der Waals surface area contributed by atoms with Crippen molar-refractivity contribution in [2.75, 3.05) is 26.8 Å². The summed E-state index contributed by atoms with van der Waals surface area (Å²) in [6.07, 6.45) is 4.03. The van der Waals surface area contributed by atoms with Gasteiger partial charge < -0.3 is 19.9 Å². The Kier molecular flexibility index (Phi) is 5.11. The molecule has 160 valence electrons. The molecule has 1 aliphatic heterocycles. The number of pyridine rings is 1. The van der Waals surface area contributed by atoms with Crippen LogP contribution in [0.5, 0.6) is 17.2 Å². The van der Waals surface area contributed by atoms with Gasteiger partial charge in [0.15, 0.2) is 17.1 Å². The number of aromatic nitrogens is 3. The van der Waals surface area contributed by atoms with E-state index in [0.717, 1.165) is 70.4 Å². The number of phenolic OH excluding ortho intramolecular Hbond substituents is 1. The molecule has 7 nitrogen and oxygen atoms in total. The fraction of sp³-hybridized carbons (Fsp3) is 0.333. The molecular weight excluding hydrogens is 392 g/mol. The Bertz CT molecular complexity index is 1230. The van der Waals surface area contributed by atoms with Crippen LogP contribution in [0.25, 0.3) is 33.1 Å². The van der Waals surface area contributed by atoms with Gasteiger partial charge >= 0.3 is 0 Å². The maximum absolute atomic E-state index is 9.73. The van der Waals surface area contributed by atoms with Crippen molar-refractivity contribution in [1.82, 2.24) is 20.5 Å². The number of nitrogens with one attached hydrogen (secondary N) is 2. The van der Waals surface area contributed by atoms with Gasteiger partial charge in [-0.1, -0.05) is 0 Å². The summed E-state index contributed by atoms with van der Waals surface area (Å²) in [7, 11) is 1.68. The highest BCUT2D eigenvalue weighted by Crippen LogP contribution is 2.43. The summed E-state index contributed by atoms with van der Waals surface area (Å²) >= 11 is 0. The van der Waals surface area contributed by atoms with E-state index in [2.05, 4.69) is 15.5 Å². The second kappa shape index (κ2) is 8.07. The van der Waals surface area contributed by atoms with Crippen molar-refractivity contribution in [3.63, 3.8) is 0 Å². The lowest BCUT2D eigenvalue weighted by Gasteiger charge is -2.24. The van der Waals surface area contributed by atoms with E-state index in [4.69, 9.17) is 14.5 Å². The van der Waals surface area contributed by atoms with Gasteiger partial charge in [-0.3, -0.25) is 5.10 Å². The molecule has 0 saturated carbocycles. The SMILES string of the molecule is COc1c(OCC2CCNCC2)cc2c(-c3ccc(O)cc3)nc3[nH]ncc3c2c1C. The van der Waals surface area contributed by atoms with Crippen molar-refractivity contribution < 1.29 is 14.6 Å². The molecule has 1 aliphatic rings. The molecule has 5 rings (SSSR count). The van der Waals surface area contributed by atoms with Crippen LogP contribution in [0.15, 0.2) is 36.5 Å². The number of H-pyrrole nitrogens is 1. The van der Waals surface area contributed by atoms with Crippen LogP contribution >= 0.6 is 0 Å². The number of hydrogen-bond donors (Lipinski definition) is 3. The maximum Gasteiger partial charge on any atom is 0.164 e. The summed E-state index contributed by atoms with van der Waals surface area (Å²) < 4.78 is 12.1. The molecule has 3 heterocycles. The highest BCUT2D eigenvalue weighted by Gasteiger charge is 2.21. The minimum Gasteiger partial charge on any atom is -0.508 e. The van der Waals surface area contributed by atoms with Crippen LogP contribution in [0, 0.1) is 12.8 Å². The molecule has 4 aromatic rings. The molecular formula is C24H26N4O3. The number of aryl methyl sites for hydroxylation is 1. The van der Waals surface area contributed by atoms with Crippen molar-refractivity contribution in [2.24, 2.45) is 5.92 Å². The zero-order valence-electron chi connectivity index (χ0n) is 17.7. The number of nitrogens with zero attached hydrogens (tertiary/aromatic N) is 2. The summed E-state index contributed by atoms with van der Waals surface area (Å²) in [4.78, 5) is 4.85. The maximum atomic E-state index is 9.73. The van der Waals surface area contributed by atoms with E-state index in [1.807, 2.05) is 25.1 Å². The predicted molar refractivity (Wildman–Crippen MR) is 121 cm³/mol. The first-order valence-corrected chi connectivity index (χ1v) is 10.6. The third-order valence-electron chi connectivity index (χ3n) is 6.13. The van der Waals surface area contributed by atoms with Crippen molar-refractivity contribution in [2.45, 2.75) is 19.8 Å². The number of phenols is 1. The third-order valence-corrected chi connectivity index (χ3v) is 6.13. The van der Waals surface area contributed by atoms with E-state index < -0.39 is 0 Å². The molecule has 31 heavy (non-hydrogen) atoms. The number of rotatable bonds is 5. The van der Waals surface area contributed by atoms with Gasteiger partial charge in [-0.2, -0.15) is 5.10 Å². The molecule has 2 aromatic carbocycles. The van der Waals surface area contributed by atoms with E-state index in [0.29, 0.717) is 18.2 Å². The number of piperidine rings is 1. The van der Waals surface area contributed by atoms with Crippen LogP contribution in [0.3, 0.4) is 0 Å². The average Bonchev–Trinajstić information content (AvgIpc) is 3.27. The fourth-order valence-electron chi connectivity index (χ4n) is 4.48. The quantitative estimate of drug-likeness (QED) is 0.450. The number of benzene rings is 2. The fourth-order valence-corrected chi connectivity index (χ4v) is 4.48. The van der Waals surface area contributed by atoms with E-state index in [-0.39, 0.29) is 5.75 Å². The summed E-state index contributed by atoms with van der Waals surface area (Å²) in [5.74, 6) is 2.23. The van der Waals surface area contributed by atoms with Crippen molar-refractivity contribution >= 4 is 21.8 Å². The molecule has 1 fully saturated rings. The smallest absolute Gasteiger partial charge is 0.164 e. The molecule has 2 aromatic heterocycles. The number of fused-ring (bicyclic) bond motifs is 3. The van der Waals surface area contributed by atoms with Crippen LogP contribution < -0.4 is 14.8 Å². The molecule has 0 amide bonds. The lowest BCUT2D eigenvalue weighted by Crippen LogP contribution is -2.30. The second-order valence-electron chi connectivity index (χ2n) is 8.10. The minimum absolute atomic E-state index is 0.222. The van der Waals surface area contributed by atoms with E-state index >= 15 is 0 Å². The predicted octanol–water partition coefficient (Wildman–Crippen LogP) is 4.18. The van der Waals surface area contributed by atoms with Gasteiger partial charge in [0.25, 0.3) is 0 Å². The van der Waals surface area contributed by atoms with Gasteiger partial charge in [-0.15, -0.1) is 0 Å². The molecule has 7 heteroatoms. The van der Waals surface area contributed by atoms with Crippen LogP contribution in [0.2, 0.25) is 0 Å². The summed E-state index contributed by atoms with van der Waals surface area (Å²) in [6.45, 7) is 4.79. The second-order valence-corrected chi connectivity index (χ2v) is 8.10. The zero-order chi connectivity index (χ0) is 21.4. The number of hydrogen-bond acceptors (Lipinski definition) is 6. The van der Waals surface area contributed by atoms with Gasteiger partial charge in [0.1, 0.15) is 5.75 Å². The Labute approximate surface area is 180 Å². The summed E-state index contributed by atoms with van der Waals surface area (Å²) in [5, 5.41) is 23.3. The largest absolute Gasteiger partial charge is 0.508 e. The third kappa shape index (κ3) is 3.55. The first kappa shape index (κ1) is 19.6. The first-order valence-electron chi connectivity index (χ1n) is 10.6. The molecule has 0 atom stereocenters. The van der Waals surface area contributed by atoms with Crippen molar-refractivity contribution in [3.8, 4) is 28.5 Å². The van der Waals surface area contributed by atoms with Crippen molar-refractivity contribution in [3.05, 3.63) is 42.1 Å². The Morgan fingerprint density at radius 3 is 2.65 bits per heavy atom. The van der Waals surface area contributed by atoms with Gasteiger partial charge in [-0.05, 0) is 69.1 Å². The Morgan fingerprint density at radius 1 is 1.13 bits per heavy atom. The van der Waals surface area contributed by atoms with E-state index in [9.17, 15) is 5.11 Å². The summed E-state index contributed by atoms with van der Waals surface area (Å²) in [5.41, 5.74) is 3.43. The number of aromatic amines is 1. The molecule has 3 N–H and O–H groups in total. The standard InChI is InChI=1S/C24H26N4O3/c1-14-21-18(11-20(23(14)30-2)31-13-15-7-9-25-10-8-15)22(16-3-5-17(29)6-4-16)27-24-19(21)12-26-28-24/h3-6,11-12,15,25,29H,7-10,13H2,1-2H3,(H,26,27,28). The number of ether oxygens (including phenoxy) is 2. The Morgan fingerprint density at radius 2 is 1.90 bits per heavy atom. The molecule has 0 unspecified atom stereocenters. The Balaban J connectivity index is 1.68. The molecule has 0 spiro atoms. The van der Waals surface area contributed by atoms with Gasteiger partial charge in [-0.25, -0.2) is 4.98 Å². The lowest BCUT2D eigenvalue weighted by atomic mass is 9.97. The normalized spacial score (nSPS) is 14.9. The number of aromatic hydroxyl groups is 1.